The summed E-state index contributed by atoms with van der Waals surface area (Å²) in [6.45, 7) is 7.69. The molecular formula is C16H19Cl3N4O3S2. The Hall–Kier alpha value is -1.13. The van der Waals surface area contributed by atoms with Crippen LogP contribution in [0.25, 0.3) is 0 Å². The molecule has 1 heterocycles. The number of amides is 1. The van der Waals surface area contributed by atoms with Gasteiger partial charge < -0.3 is 4.90 Å². The highest BCUT2D eigenvalue weighted by atomic mass is 35.5. The number of nitrogens with one attached hydrogen (secondary N) is 1. The number of rotatable bonds is 7. The van der Waals surface area contributed by atoms with E-state index in [2.05, 4.69) is 14.1 Å². The Labute approximate surface area is 183 Å². The van der Waals surface area contributed by atoms with Gasteiger partial charge >= 0.3 is 0 Å². The van der Waals surface area contributed by atoms with E-state index in [4.69, 9.17) is 34.8 Å². The van der Waals surface area contributed by atoms with Crippen LogP contribution in [0.1, 0.15) is 33.5 Å². The van der Waals surface area contributed by atoms with Gasteiger partial charge in [-0.3, -0.25) is 9.52 Å². The van der Waals surface area contributed by atoms with Crippen molar-refractivity contribution in [3.8, 4) is 0 Å². The Morgan fingerprint density at radius 3 is 2.18 bits per heavy atom. The molecule has 0 radical (unpaired) electrons. The number of aromatic nitrogens is 2. The highest BCUT2D eigenvalue weighted by Gasteiger charge is 2.25. The van der Waals surface area contributed by atoms with Gasteiger partial charge in [0.05, 0.1) is 16.5 Å². The molecular weight excluding hydrogens is 467 g/mol. The van der Waals surface area contributed by atoms with E-state index in [0.717, 1.165) is 11.5 Å². The first-order chi connectivity index (χ1) is 12.9. The summed E-state index contributed by atoms with van der Waals surface area (Å²) in [5.74, 6) is 0.0910. The predicted molar refractivity (Wildman–Crippen MR) is 113 cm³/mol. The van der Waals surface area contributed by atoms with Crippen molar-refractivity contribution in [2.45, 2.75) is 51.1 Å². The first kappa shape index (κ1) is 23.2. The molecule has 1 aromatic heterocycles. The highest BCUT2D eigenvalue weighted by Crippen LogP contribution is 2.34. The Morgan fingerprint density at radius 1 is 1.14 bits per heavy atom. The monoisotopic (exact) mass is 484 g/mol. The van der Waals surface area contributed by atoms with Crippen LogP contribution in [0.15, 0.2) is 17.0 Å². The summed E-state index contributed by atoms with van der Waals surface area (Å²) in [7, 11) is -4.11. The quantitative estimate of drug-likeness (QED) is 0.624. The van der Waals surface area contributed by atoms with E-state index in [1.54, 1.807) is 4.90 Å². The van der Waals surface area contributed by atoms with Crippen molar-refractivity contribution in [3.63, 3.8) is 0 Å². The molecule has 0 saturated carbocycles. The molecule has 7 nitrogen and oxygen atoms in total. The predicted octanol–water partition coefficient (Wildman–Crippen LogP) is 4.49. The molecule has 1 N–H and O–H groups in total. The second kappa shape index (κ2) is 9.13. The number of hydrogen-bond acceptors (Lipinski definition) is 6. The van der Waals surface area contributed by atoms with Gasteiger partial charge in [0.25, 0.3) is 10.0 Å². The summed E-state index contributed by atoms with van der Waals surface area (Å²) in [5, 5.41) is -0.0140. The lowest BCUT2D eigenvalue weighted by Gasteiger charge is -2.30. The largest absolute Gasteiger partial charge is 0.337 e. The second-order valence-electron chi connectivity index (χ2n) is 6.49. The fourth-order valence-corrected chi connectivity index (χ4v) is 6.07. The molecule has 0 atom stereocenters. The number of hydrogen-bond donors (Lipinski definition) is 1. The van der Waals surface area contributed by atoms with Crippen LogP contribution in [0.3, 0.4) is 0 Å². The van der Waals surface area contributed by atoms with Gasteiger partial charge in [-0.25, -0.2) is 13.4 Å². The molecule has 154 valence electrons. The molecule has 0 aliphatic rings. The average Bonchev–Trinajstić information content (AvgIpc) is 2.90. The van der Waals surface area contributed by atoms with Crippen molar-refractivity contribution in [1.29, 1.82) is 0 Å². The lowest BCUT2D eigenvalue weighted by atomic mass is 10.2. The summed E-state index contributed by atoms with van der Waals surface area (Å²) >= 11 is 18.6. The minimum absolute atomic E-state index is 0.00512. The number of benzene rings is 1. The molecule has 2 aromatic rings. The number of carbonyl (C=O) groups is 1. The summed E-state index contributed by atoms with van der Waals surface area (Å²) in [6.07, 6.45) is -0.0307. The van der Waals surface area contributed by atoms with Crippen LogP contribution in [0, 0.1) is 0 Å². The summed E-state index contributed by atoms with van der Waals surface area (Å²) in [6, 6.07) is 2.61. The van der Waals surface area contributed by atoms with Crippen molar-refractivity contribution in [2.75, 3.05) is 4.72 Å². The van der Waals surface area contributed by atoms with E-state index in [9.17, 15) is 13.2 Å². The highest BCUT2D eigenvalue weighted by molar-refractivity contribution is 7.93. The Bertz CT molecular complexity index is 946. The van der Waals surface area contributed by atoms with Gasteiger partial charge in [0.1, 0.15) is 4.90 Å². The normalized spacial score (nSPS) is 11.9. The average molecular weight is 486 g/mol. The van der Waals surface area contributed by atoms with Crippen LogP contribution in [-0.4, -0.2) is 40.7 Å². The Morgan fingerprint density at radius 2 is 1.68 bits per heavy atom. The number of sulfonamides is 1. The van der Waals surface area contributed by atoms with E-state index in [1.165, 1.54) is 12.1 Å². The molecule has 1 aromatic carbocycles. The maximum atomic E-state index is 12.6. The molecule has 0 aliphatic carbocycles. The minimum Gasteiger partial charge on any atom is -0.337 e. The number of nitrogens with zero attached hydrogens (tertiary/aromatic N) is 3. The van der Waals surface area contributed by atoms with E-state index in [0.29, 0.717) is 0 Å². The fraction of sp³-hybridized carbons (Fsp3) is 0.438. The molecule has 28 heavy (non-hydrogen) atoms. The third-order valence-electron chi connectivity index (χ3n) is 3.63. The molecule has 0 bridgehead atoms. The lowest BCUT2D eigenvalue weighted by Crippen LogP contribution is -2.43. The molecule has 2 rings (SSSR count). The maximum absolute atomic E-state index is 12.6. The van der Waals surface area contributed by atoms with Crippen LogP contribution in [0.5, 0.6) is 0 Å². The van der Waals surface area contributed by atoms with E-state index < -0.39 is 10.0 Å². The summed E-state index contributed by atoms with van der Waals surface area (Å²) < 4.78 is 31.6. The number of anilines is 1. The van der Waals surface area contributed by atoms with E-state index in [-0.39, 0.29) is 55.3 Å². The number of halogens is 3. The Balaban J connectivity index is 2.20. The number of carbonyl (C=O) groups excluding carboxylic acids is 1. The Kier molecular flexibility index (Phi) is 7.55. The maximum Gasteiger partial charge on any atom is 0.266 e. The van der Waals surface area contributed by atoms with Gasteiger partial charge in [0.2, 0.25) is 11.0 Å². The van der Waals surface area contributed by atoms with E-state index >= 15 is 0 Å². The van der Waals surface area contributed by atoms with Gasteiger partial charge in [0, 0.05) is 28.6 Å². The van der Waals surface area contributed by atoms with Crippen LogP contribution in [0.2, 0.25) is 15.1 Å². The zero-order chi connectivity index (χ0) is 21.2. The first-order valence-corrected chi connectivity index (χ1v) is 11.6. The standard InChI is InChI=1S/C16H19Cl3N4O3S2/c1-8(2)23(9(3)4)14(24)7-13-20-16(27-21-13)22-28(25,26)15-11(18)5-10(17)6-12(15)19/h5-6,8-9H,7H2,1-4H3,(H,20,21,22). The van der Waals surface area contributed by atoms with Gasteiger partial charge in [-0.1, -0.05) is 34.8 Å². The van der Waals surface area contributed by atoms with Gasteiger partial charge in [-0.05, 0) is 39.8 Å². The van der Waals surface area contributed by atoms with Gasteiger partial charge in [0.15, 0.2) is 5.82 Å². The lowest BCUT2D eigenvalue weighted by molar-refractivity contribution is -0.134. The smallest absolute Gasteiger partial charge is 0.266 e. The zero-order valence-electron chi connectivity index (χ0n) is 15.5. The van der Waals surface area contributed by atoms with Crippen LogP contribution in [0.4, 0.5) is 5.13 Å². The van der Waals surface area contributed by atoms with Crippen molar-refractivity contribution in [1.82, 2.24) is 14.3 Å². The summed E-state index contributed by atoms with van der Waals surface area (Å²) in [5.41, 5.74) is 0. The van der Waals surface area contributed by atoms with Crippen molar-refractivity contribution < 1.29 is 13.2 Å². The van der Waals surface area contributed by atoms with Gasteiger partial charge in [-0.15, -0.1) is 0 Å². The topological polar surface area (TPSA) is 92.3 Å². The van der Waals surface area contributed by atoms with Gasteiger partial charge in [-0.2, -0.15) is 4.37 Å². The first-order valence-electron chi connectivity index (χ1n) is 8.23. The molecule has 0 spiro atoms. The molecule has 0 aliphatic heterocycles. The fourth-order valence-electron chi connectivity index (χ4n) is 2.72. The van der Waals surface area contributed by atoms with Crippen molar-refractivity contribution >= 4 is 67.4 Å². The molecule has 0 fully saturated rings. The van der Waals surface area contributed by atoms with Crippen LogP contribution in [-0.2, 0) is 21.2 Å². The third-order valence-corrected chi connectivity index (χ3v) is 6.91. The second-order valence-corrected chi connectivity index (χ2v) is 10.1. The van der Waals surface area contributed by atoms with E-state index in [1.807, 2.05) is 27.7 Å². The molecule has 1 amide bonds. The molecule has 0 unspecified atom stereocenters. The summed E-state index contributed by atoms with van der Waals surface area (Å²) in [4.78, 5) is 18.0. The molecule has 0 saturated heterocycles. The van der Waals surface area contributed by atoms with Crippen molar-refractivity contribution in [3.05, 3.63) is 33.0 Å². The van der Waals surface area contributed by atoms with Crippen LogP contribution < -0.4 is 4.72 Å². The SMILES string of the molecule is CC(C)N(C(=O)Cc1nsc(NS(=O)(=O)c2c(Cl)cc(Cl)cc2Cl)n1)C(C)C. The zero-order valence-corrected chi connectivity index (χ0v) is 19.4. The third kappa shape index (κ3) is 5.48. The van der Waals surface area contributed by atoms with Crippen LogP contribution >= 0.6 is 46.3 Å². The molecule has 12 heteroatoms. The minimum atomic E-state index is -4.11. The van der Waals surface area contributed by atoms with Crippen molar-refractivity contribution in [2.24, 2.45) is 0 Å².